The predicted molar refractivity (Wildman–Crippen MR) is 76.9 cm³/mol. The molecular formula is C16H26N2O. The lowest BCUT2D eigenvalue weighted by molar-refractivity contribution is 0.184. The number of nitrogens with zero attached hydrogens (tertiary/aromatic N) is 1. The van der Waals surface area contributed by atoms with Crippen molar-refractivity contribution in [3.05, 3.63) is 23.7 Å². The van der Waals surface area contributed by atoms with E-state index >= 15 is 0 Å². The van der Waals surface area contributed by atoms with Crippen LogP contribution in [0, 0.1) is 0 Å². The first-order valence-electron chi connectivity index (χ1n) is 7.89. The fourth-order valence-electron chi connectivity index (χ4n) is 3.16. The highest BCUT2D eigenvalue weighted by Gasteiger charge is 2.24. The van der Waals surface area contributed by atoms with Crippen LogP contribution in [0.3, 0.4) is 0 Å². The summed E-state index contributed by atoms with van der Waals surface area (Å²) in [4.78, 5) is 2.59. The van der Waals surface area contributed by atoms with Crippen LogP contribution in [0.25, 0.3) is 0 Å². The standard InChI is InChI=1S/C16H26N2O/c1-2-18(15-5-3-4-6-15)12-16-13(9-10-19-16)11-17-14-7-8-14/h9-10,14-15,17H,2-8,11-12H2,1H3. The minimum Gasteiger partial charge on any atom is -0.468 e. The Morgan fingerprint density at radius 1 is 1.26 bits per heavy atom. The highest BCUT2D eigenvalue weighted by atomic mass is 16.3. The maximum atomic E-state index is 5.73. The molecule has 0 aliphatic heterocycles. The average molecular weight is 262 g/mol. The molecule has 0 spiro atoms. The molecular weight excluding hydrogens is 236 g/mol. The summed E-state index contributed by atoms with van der Waals surface area (Å²) in [5.41, 5.74) is 1.35. The second kappa shape index (κ2) is 6.10. The Kier molecular flexibility index (Phi) is 4.24. The number of furan rings is 1. The molecule has 19 heavy (non-hydrogen) atoms. The summed E-state index contributed by atoms with van der Waals surface area (Å²) in [5.74, 6) is 1.17. The van der Waals surface area contributed by atoms with Crippen LogP contribution in [0.2, 0.25) is 0 Å². The molecule has 0 radical (unpaired) electrons. The molecule has 1 N–H and O–H groups in total. The smallest absolute Gasteiger partial charge is 0.122 e. The molecule has 3 heteroatoms. The van der Waals surface area contributed by atoms with Crippen molar-refractivity contribution >= 4 is 0 Å². The number of hydrogen-bond donors (Lipinski definition) is 1. The number of nitrogens with one attached hydrogen (secondary N) is 1. The van der Waals surface area contributed by atoms with Crippen LogP contribution in [0.15, 0.2) is 16.7 Å². The van der Waals surface area contributed by atoms with Gasteiger partial charge in [0.15, 0.2) is 0 Å². The normalized spacial score (nSPS) is 20.5. The minimum atomic E-state index is 0.764. The van der Waals surface area contributed by atoms with Crippen molar-refractivity contribution in [1.82, 2.24) is 10.2 Å². The van der Waals surface area contributed by atoms with Crippen molar-refractivity contribution in [2.45, 2.75) is 70.6 Å². The molecule has 1 aromatic heterocycles. The maximum Gasteiger partial charge on any atom is 0.122 e. The van der Waals surface area contributed by atoms with Crippen LogP contribution in [0.5, 0.6) is 0 Å². The Bertz CT molecular complexity index is 391. The molecule has 2 aliphatic carbocycles. The van der Waals surface area contributed by atoms with E-state index in [0.717, 1.165) is 31.7 Å². The minimum absolute atomic E-state index is 0.764. The lowest BCUT2D eigenvalue weighted by atomic mass is 10.1. The lowest BCUT2D eigenvalue weighted by Gasteiger charge is -2.26. The van der Waals surface area contributed by atoms with Gasteiger partial charge in [0.05, 0.1) is 12.8 Å². The van der Waals surface area contributed by atoms with Gasteiger partial charge in [-0.15, -0.1) is 0 Å². The van der Waals surface area contributed by atoms with Gasteiger partial charge < -0.3 is 9.73 Å². The number of hydrogen-bond acceptors (Lipinski definition) is 3. The van der Waals surface area contributed by atoms with Crippen molar-refractivity contribution in [2.75, 3.05) is 6.54 Å². The molecule has 106 valence electrons. The Labute approximate surface area is 116 Å². The van der Waals surface area contributed by atoms with E-state index in [4.69, 9.17) is 4.42 Å². The maximum absolute atomic E-state index is 5.73. The molecule has 0 saturated heterocycles. The van der Waals surface area contributed by atoms with Gasteiger partial charge in [0.1, 0.15) is 5.76 Å². The van der Waals surface area contributed by atoms with Gasteiger partial charge in [0, 0.05) is 24.2 Å². The molecule has 0 bridgehead atoms. The summed E-state index contributed by atoms with van der Waals surface area (Å²) in [7, 11) is 0. The van der Waals surface area contributed by atoms with E-state index in [0.29, 0.717) is 0 Å². The van der Waals surface area contributed by atoms with Gasteiger partial charge in [-0.2, -0.15) is 0 Å². The average Bonchev–Trinajstić information content (AvgIpc) is 2.92. The van der Waals surface area contributed by atoms with Crippen LogP contribution in [-0.4, -0.2) is 23.5 Å². The Balaban J connectivity index is 1.58. The topological polar surface area (TPSA) is 28.4 Å². The highest BCUT2D eigenvalue weighted by molar-refractivity contribution is 5.17. The van der Waals surface area contributed by atoms with Crippen LogP contribution in [0.4, 0.5) is 0 Å². The Morgan fingerprint density at radius 3 is 2.74 bits per heavy atom. The van der Waals surface area contributed by atoms with Gasteiger partial charge in [-0.05, 0) is 38.3 Å². The third-order valence-electron chi connectivity index (χ3n) is 4.59. The summed E-state index contributed by atoms with van der Waals surface area (Å²) in [5, 5.41) is 3.58. The first-order valence-corrected chi connectivity index (χ1v) is 7.89. The highest BCUT2D eigenvalue weighted by Crippen LogP contribution is 2.26. The molecule has 1 aromatic rings. The van der Waals surface area contributed by atoms with E-state index in [2.05, 4.69) is 23.2 Å². The van der Waals surface area contributed by atoms with Gasteiger partial charge in [0.2, 0.25) is 0 Å². The lowest BCUT2D eigenvalue weighted by Crippen LogP contribution is -2.32. The second-order valence-corrected chi connectivity index (χ2v) is 6.03. The summed E-state index contributed by atoms with van der Waals surface area (Å²) in [6, 6.07) is 3.67. The largest absolute Gasteiger partial charge is 0.468 e. The van der Waals surface area contributed by atoms with Gasteiger partial charge in [-0.25, -0.2) is 0 Å². The zero-order valence-electron chi connectivity index (χ0n) is 12.0. The molecule has 0 aromatic carbocycles. The second-order valence-electron chi connectivity index (χ2n) is 6.03. The first-order chi connectivity index (χ1) is 9.36. The monoisotopic (exact) mass is 262 g/mol. The van der Waals surface area contributed by atoms with Crippen molar-refractivity contribution in [2.24, 2.45) is 0 Å². The quantitative estimate of drug-likeness (QED) is 0.817. The Morgan fingerprint density at radius 2 is 2.05 bits per heavy atom. The predicted octanol–water partition coefficient (Wildman–Crippen LogP) is 3.30. The van der Waals surface area contributed by atoms with Crippen molar-refractivity contribution < 1.29 is 4.42 Å². The molecule has 0 unspecified atom stereocenters. The van der Waals surface area contributed by atoms with Crippen molar-refractivity contribution in [1.29, 1.82) is 0 Å². The summed E-state index contributed by atoms with van der Waals surface area (Å²) < 4.78 is 5.73. The SMILES string of the molecule is CCN(Cc1occc1CNC1CC1)C1CCCC1. The van der Waals surface area contributed by atoms with E-state index in [-0.39, 0.29) is 0 Å². The van der Waals surface area contributed by atoms with Crippen molar-refractivity contribution in [3.63, 3.8) is 0 Å². The molecule has 2 saturated carbocycles. The fourth-order valence-corrected chi connectivity index (χ4v) is 3.16. The van der Waals surface area contributed by atoms with Crippen LogP contribution < -0.4 is 5.32 Å². The third kappa shape index (κ3) is 3.40. The van der Waals surface area contributed by atoms with Crippen LogP contribution in [0.1, 0.15) is 56.8 Å². The molecule has 0 amide bonds. The molecule has 1 heterocycles. The van der Waals surface area contributed by atoms with Crippen molar-refractivity contribution in [3.8, 4) is 0 Å². The zero-order chi connectivity index (χ0) is 13.1. The van der Waals surface area contributed by atoms with Gasteiger partial charge in [-0.1, -0.05) is 19.8 Å². The molecule has 2 fully saturated rings. The van der Waals surface area contributed by atoms with Gasteiger partial charge in [0.25, 0.3) is 0 Å². The molecule has 0 atom stereocenters. The summed E-state index contributed by atoms with van der Waals surface area (Å²) in [6.07, 6.45) is 10.1. The van der Waals surface area contributed by atoms with E-state index in [1.54, 1.807) is 0 Å². The molecule has 2 aliphatic rings. The Hall–Kier alpha value is -0.800. The van der Waals surface area contributed by atoms with Gasteiger partial charge >= 0.3 is 0 Å². The third-order valence-corrected chi connectivity index (χ3v) is 4.59. The van der Waals surface area contributed by atoms with E-state index in [1.807, 2.05) is 6.26 Å². The fraction of sp³-hybridized carbons (Fsp3) is 0.750. The number of rotatable bonds is 7. The van der Waals surface area contributed by atoms with E-state index in [9.17, 15) is 0 Å². The van der Waals surface area contributed by atoms with Crippen LogP contribution >= 0.6 is 0 Å². The first kappa shape index (κ1) is 13.2. The van der Waals surface area contributed by atoms with Crippen LogP contribution in [-0.2, 0) is 13.1 Å². The van der Waals surface area contributed by atoms with Gasteiger partial charge in [-0.3, -0.25) is 4.90 Å². The zero-order valence-corrected chi connectivity index (χ0v) is 12.0. The molecule has 3 nitrogen and oxygen atoms in total. The van der Waals surface area contributed by atoms with E-state index < -0.39 is 0 Å². The van der Waals surface area contributed by atoms with E-state index in [1.165, 1.54) is 49.8 Å². The molecule has 3 rings (SSSR count). The summed E-state index contributed by atoms with van der Waals surface area (Å²) >= 11 is 0. The summed E-state index contributed by atoms with van der Waals surface area (Å²) in [6.45, 7) is 5.35.